The highest BCUT2D eigenvalue weighted by molar-refractivity contribution is 7.80. The lowest BCUT2D eigenvalue weighted by Crippen LogP contribution is -2.48. The molecule has 0 heterocycles. The van der Waals surface area contributed by atoms with Crippen molar-refractivity contribution < 1.29 is 14.4 Å². The SMILES string of the molecule is O=C(/C=C/c1ccccc1)NC(=S)NNC(=O)CCC(=O)NCc1ccccc1. The van der Waals surface area contributed by atoms with Gasteiger partial charge in [0.25, 0.3) is 0 Å². The number of hydrazine groups is 1. The Morgan fingerprint density at radius 1 is 0.828 bits per heavy atom. The lowest BCUT2D eigenvalue weighted by molar-refractivity contribution is -0.126. The Kier molecular flexibility index (Phi) is 9.04. The molecule has 7 nitrogen and oxygen atoms in total. The number of rotatable bonds is 7. The lowest BCUT2D eigenvalue weighted by atomic mass is 10.2. The summed E-state index contributed by atoms with van der Waals surface area (Å²) < 4.78 is 0. The average molecular weight is 410 g/mol. The van der Waals surface area contributed by atoms with Crippen molar-refractivity contribution in [1.29, 1.82) is 0 Å². The highest BCUT2D eigenvalue weighted by Crippen LogP contribution is 2.00. The molecule has 2 rings (SSSR count). The van der Waals surface area contributed by atoms with Gasteiger partial charge in [-0.1, -0.05) is 60.7 Å². The molecule has 2 aromatic rings. The van der Waals surface area contributed by atoms with Gasteiger partial charge in [-0.15, -0.1) is 0 Å². The number of hydrogen-bond donors (Lipinski definition) is 4. The Balaban J connectivity index is 1.60. The quantitative estimate of drug-likeness (QED) is 0.317. The van der Waals surface area contributed by atoms with Crippen LogP contribution in [-0.4, -0.2) is 22.8 Å². The van der Waals surface area contributed by atoms with Crippen molar-refractivity contribution in [3.8, 4) is 0 Å². The molecular weight excluding hydrogens is 388 g/mol. The van der Waals surface area contributed by atoms with Crippen LogP contribution < -0.4 is 21.5 Å². The summed E-state index contributed by atoms with van der Waals surface area (Å²) in [5.41, 5.74) is 6.63. The zero-order chi connectivity index (χ0) is 20.9. The molecule has 0 fully saturated rings. The van der Waals surface area contributed by atoms with E-state index in [-0.39, 0.29) is 23.9 Å². The Labute approximate surface area is 174 Å². The summed E-state index contributed by atoms with van der Waals surface area (Å²) in [6.45, 7) is 0.409. The molecule has 0 aromatic heterocycles. The van der Waals surface area contributed by atoms with Crippen molar-refractivity contribution >= 4 is 41.1 Å². The van der Waals surface area contributed by atoms with Gasteiger partial charge in [-0.2, -0.15) is 0 Å². The van der Waals surface area contributed by atoms with E-state index in [4.69, 9.17) is 12.2 Å². The maximum absolute atomic E-state index is 11.8. The standard InChI is InChI=1S/C21H22N4O3S/c26-18(22-15-17-9-5-2-6-10-17)13-14-20(28)24-25-21(29)23-19(27)12-11-16-7-3-1-4-8-16/h1-12H,13-15H2,(H,22,26)(H,24,28)(H2,23,25,27,29)/b12-11+. The van der Waals surface area contributed by atoms with Crippen LogP contribution in [0.25, 0.3) is 6.08 Å². The van der Waals surface area contributed by atoms with Crippen LogP contribution in [0.2, 0.25) is 0 Å². The predicted molar refractivity (Wildman–Crippen MR) is 115 cm³/mol. The van der Waals surface area contributed by atoms with Crippen molar-refractivity contribution in [2.24, 2.45) is 0 Å². The summed E-state index contributed by atoms with van der Waals surface area (Å²) in [4.78, 5) is 35.4. The smallest absolute Gasteiger partial charge is 0.250 e. The summed E-state index contributed by atoms with van der Waals surface area (Å²) in [6.07, 6.45) is 3.00. The van der Waals surface area contributed by atoms with E-state index in [1.807, 2.05) is 60.7 Å². The fourth-order valence-corrected chi connectivity index (χ4v) is 2.37. The van der Waals surface area contributed by atoms with Crippen molar-refractivity contribution in [3.05, 3.63) is 77.9 Å². The van der Waals surface area contributed by atoms with E-state index in [1.54, 1.807) is 6.08 Å². The monoisotopic (exact) mass is 410 g/mol. The first-order valence-electron chi connectivity index (χ1n) is 8.96. The molecule has 0 saturated heterocycles. The second-order valence-electron chi connectivity index (χ2n) is 6.00. The van der Waals surface area contributed by atoms with Gasteiger partial charge in [0, 0.05) is 25.5 Å². The minimum Gasteiger partial charge on any atom is -0.352 e. The van der Waals surface area contributed by atoms with Gasteiger partial charge < -0.3 is 5.32 Å². The van der Waals surface area contributed by atoms with Crippen LogP contribution in [0.5, 0.6) is 0 Å². The number of thiocarbonyl (C=S) groups is 1. The Hall–Kier alpha value is -3.52. The minimum absolute atomic E-state index is 0.0158. The van der Waals surface area contributed by atoms with Crippen LogP contribution in [0.1, 0.15) is 24.0 Å². The molecule has 0 aliphatic heterocycles. The third-order valence-corrected chi connectivity index (χ3v) is 3.89. The van der Waals surface area contributed by atoms with Crippen LogP contribution in [0.4, 0.5) is 0 Å². The molecule has 0 radical (unpaired) electrons. The first kappa shape index (κ1) is 21.8. The zero-order valence-electron chi connectivity index (χ0n) is 15.7. The van der Waals surface area contributed by atoms with Gasteiger partial charge in [-0.25, -0.2) is 0 Å². The molecule has 4 N–H and O–H groups in total. The molecule has 0 saturated carbocycles. The topological polar surface area (TPSA) is 99.3 Å². The lowest BCUT2D eigenvalue weighted by Gasteiger charge is -2.10. The van der Waals surface area contributed by atoms with Crippen molar-refractivity contribution in [2.45, 2.75) is 19.4 Å². The molecule has 0 spiro atoms. The van der Waals surface area contributed by atoms with Crippen molar-refractivity contribution in [2.75, 3.05) is 0 Å². The Morgan fingerprint density at radius 2 is 1.45 bits per heavy atom. The molecule has 8 heteroatoms. The molecule has 29 heavy (non-hydrogen) atoms. The van der Waals surface area contributed by atoms with Gasteiger partial charge in [0.05, 0.1) is 0 Å². The maximum atomic E-state index is 11.8. The van der Waals surface area contributed by atoms with E-state index >= 15 is 0 Å². The van der Waals surface area contributed by atoms with Gasteiger partial charge >= 0.3 is 0 Å². The average Bonchev–Trinajstić information content (AvgIpc) is 2.75. The van der Waals surface area contributed by atoms with E-state index in [9.17, 15) is 14.4 Å². The summed E-state index contributed by atoms with van der Waals surface area (Å²) in [5.74, 6) is -1.08. The summed E-state index contributed by atoms with van der Waals surface area (Å²) in [6, 6.07) is 18.8. The Morgan fingerprint density at radius 3 is 2.14 bits per heavy atom. The molecule has 0 unspecified atom stereocenters. The molecule has 0 atom stereocenters. The highest BCUT2D eigenvalue weighted by Gasteiger charge is 2.08. The molecular formula is C21H22N4O3S. The summed E-state index contributed by atoms with van der Waals surface area (Å²) >= 11 is 4.94. The van der Waals surface area contributed by atoms with E-state index in [1.165, 1.54) is 6.08 Å². The van der Waals surface area contributed by atoms with Gasteiger partial charge in [0.2, 0.25) is 17.7 Å². The van der Waals surface area contributed by atoms with Crippen molar-refractivity contribution in [3.63, 3.8) is 0 Å². The van der Waals surface area contributed by atoms with Crippen LogP contribution in [-0.2, 0) is 20.9 Å². The van der Waals surface area contributed by atoms with E-state index in [0.29, 0.717) is 6.54 Å². The van der Waals surface area contributed by atoms with E-state index < -0.39 is 11.8 Å². The molecule has 0 aliphatic rings. The molecule has 0 bridgehead atoms. The van der Waals surface area contributed by atoms with Gasteiger partial charge in [0.15, 0.2) is 5.11 Å². The van der Waals surface area contributed by atoms with Crippen LogP contribution in [0.15, 0.2) is 66.7 Å². The van der Waals surface area contributed by atoms with Crippen LogP contribution in [0, 0.1) is 0 Å². The predicted octanol–water partition coefficient (Wildman–Crippen LogP) is 1.82. The fraction of sp³-hybridized carbons (Fsp3) is 0.143. The minimum atomic E-state index is -0.430. The number of carbonyl (C=O) groups excluding carboxylic acids is 3. The third kappa shape index (κ3) is 9.30. The number of carbonyl (C=O) groups is 3. The van der Waals surface area contributed by atoms with E-state index in [0.717, 1.165) is 11.1 Å². The van der Waals surface area contributed by atoms with E-state index in [2.05, 4.69) is 21.5 Å². The number of amides is 3. The molecule has 150 valence electrons. The van der Waals surface area contributed by atoms with Gasteiger partial charge in [-0.05, 0) is 29.4 Å². The molecule has 2 aromatic carbocycles. The number of nitrogens with one attached hydrogen (secondary N) is 4. The first-order valence-corrected chi connectivity index (χ1v) is 9.37. The van der Waals surface area contributed by atoms with Crippen LogP contribution >= 0.6 is 12.2 Å². The normalized spacial score (nSPS) is 10.2. The maximum Gasteiger partial charge on any atom is 0.250 e. The summed E-state index contributed by atoms with van der Waals surface area (Å²) in [5, 5.41) is 5.11. The number of hydrogen-bond acceptors (Lipinski definition) is 4. The largest absolute Gasteiger partial charge is 0.352 e. The number of benzene rings is 2. The molecule has 0 aliphatic carbocycles. The van der Waals surface area contributed by atoms with Gasteiger partial charge in [-0.3, -0.25) is 30.6 Å². The van der Waals surface area contributed by atoms with Gasteiger partial charge in [0.1, 0.15) is 0 Å². The zero-order valence-corrected chi connectivity index (χ0v) is 16.5. The van der Waals surface area contributed by atoms with Crippen molar-refractivity contribution in [1.82, 2.24) is 21.5 Å². The van der Waals surface area contributed by atoms with Crippen LogP contribution in [0.3, 0.4) is 0 Å². The molecule has 3 amide bonds. The first-order chi connectivity index (χ1) is 14.0. The fourth-order valence-electron chi connectivity index (χ4n) is 2.22. The summed E-state index contributed by atoms with van der Waals surface area (Å²) in [7, 11) is 0. The highest BCUT2D eigenvalue weighted by atomic mass is 32.1. The third-order valence-electron chi connectivity index (χ3n) is 3.69. The second-order valence-corrected chi connectivity index (χ2v) is 6.41. The second kappa shape index (κ2) is 12.0. The Bertz CT molecular complexity index is 870.